The Kier molecular flexibility index (Phi) is 4.44. The number of aromatic nitrogens is 6. The van der Waals surface area contributed by atoms with Crippen molar-refractivity contribution >= 4 is 5.82 Å². The maximum absolute atomic E-state index is 15.4. The molecule has 2 N–H and O–H groups in total. The van der Waals surface area contributed by atoms with E-state index in [0.29, 0.717) is 58.9 Å². The molecular formula is C31H31F4N7O2. The largest absolute Gasteiger partial charge is 0.480 e. The van der Waals surface area contributed by atoms with Crippen molar-refractivity contribution in [3.05, 3.63) is 41.0 Å². The summed E-state index contributed by atoms with van der Waals surface area (Å²) in [4.78, 5) is 22.4. The van der Waals surface area contributed by atoms with E-state index in [9.17, 15) is 18.3 Å². The molecule has 3 aromatic heterocycles. The summed E-state index contributed by atoms with van der Waals surface area (Å²) in [6.45, 7) is 4.41. The number of nitrogens with zero attached hydrogens (tertiary/aromatic N) is 6. The Morgan fingerprint density at radius 1 is 1.11 bits per heavy atom. The first-order valence-electron chi connectivity index (χ1n) is 15.6. The minimum Gasteiger partial charge on any atom is -0.480 e. The predicted molar refractivity (Wildman–Crippen MR) is 146 cm³/mol. The van der Waals surface area contributed by atoms with Crippen molar-refractivity contribution in [3.8, 4) is 17.3 Å². The molecule has 9 atom stereocenters. The molecule has 0 radical (unpaired) electrons. The smallest absolute Gasteiger partial charge is 0.434 e. The number of hydrogen-bond acceptors (Lipinski definition) is 8. The molecule has 11 rings (SSSR count). The van der Waals surface area contributed by atoms with Crippen LogP contribution in [0, 0.1) is 40.9 Å². The van der Waals surface area contributed by atoms with E-state index in [0.717, 1.165) is 18.5 Å². The number of aliphatic hydroxyl groups is 1. The Labute approximate surface area is 249 Å². The van der Waals surface area contributed by atoms with Crippen LogP contribution in [0.1, 0.15) is 73.5 Å². The van der Waals surface area contributed by atoms with Crippen LogP contribution in [0.15, 0.2) is 12.5 Å². The number of hydrogen-bond donors (Lipinski definition) is 2. The van der Waals surface area contributed by atoms with Crippen molar-refractivity contribution in [2.45, 2.75) is 68.9 Å². The van der Waals surface area contributed by atoms with Crippen molar-refractivity contribution in [2.75, 3.05) is 19.0 Å². The Bertz CT molecular complexity index is 1780. The first-order chi connectivity index (χ1) is 21.0. The van der Waals surface area contributed by atoms with Crippen LogP contribution in [0.2, 0.25) is 0 Å². The van der Waals surface area contributed by atoms with Crippen molar-refractivity contribution < 1.29 is 27.4 Å². The molecule has 8 aliphatic rings. The van der Waals surface area contributed by atoms with Gasteiger partial charge in [0.1, 0.15) is 29.2 Å². The maximum atomic E-state index is 15.4. The molecule has 7 fully saturated rings. The van der Waals surface area contributed by atoms with Crippen LogP contribution in [0.3, 0.4) is 0 Å². The summed E-state index contributed by atoms with van der Waals surface area (Å²) < 4.78 is 63.9. The molecule has 0 amide bonds. The van der Waals surface area contributed by atoms with E-state index >= 15 is 4.39 Å². The molecule has 0 saturated heterocycles. The fraction of sp³-hybridized carbons (Fsp3) is 0.645. The fourth-order valence-electron chi connectivity index (χ4n) is 11.3. The number of methoxy groups -OCH3 is 1. The van der Waals surface area contributed by atoms with Crippen LogP contribution >= 0.6 is 0 Å². The first-order valence-corrected chi connectivity index (χ1v) is 15.6. The topological polar surface area (TPSA) is 111 Å². The van der Waals surface area contributed by atoms with Gasteiger partial charge < -0.3 is 19.7 Å². The van der Waals surface area contributed by atoms with Gasteiger partial charge >= 0.3 is 6.18 Å². The molecule has 230 valence electrons. The van der Waals surface area contributed by atoms with Crippen LogP contribution in [0.4, 0.5) is 23.4 Å². The van der Waals surface area contributed by atoms with Crippen LogP contribution in [0.25, 0.3) is 11.4 Å². The molecule has 0 aromatic carbocycles. The molecule has 8 aliphatic carbocycles. The van der Waals surface area contributed by atoms with Gasteiger partial charge in [-0.15, -0.1) is 0 Å². The summed E-state index contributed by atoms with van der Waals surface area (Å²) in [5.74, 6) is 1.92. The van der Waals surface area contributed by atoms with Gasteiger partial charge in [-0.3, -0.25) is 0 Å². The summed E-state index contributed by atoms with van der Waals surface area (Å²) in [5, 5.41) is 14.2. The number of rotatable bonds is 8. The molecule has 0 bridgehead atoms. The zero-order valence-corrected chi connectivity index (χ0v) is 24.4. The molecule has 44 heavy (non-hydrogen) atoms. The van der Waals surface area contributed by atoms with E-state index in [2.05, 4.69) is 25.3 Å². The highest BCUT2D eigenvalue weighted by atomic mass is 19.4. The SMILES string of the molecule is COc1ncnc(C2CC2)c1-c1nc(NCC23C4[C@@H]5C6[C@H]4C2C6(c2nc(C(F)(F)F)cn2C(C)C)C53)c2c(n1)C(O)(F)CC2. The predicted octanol–water partition coefficient (Wildman–Crippen LogP) is 4.78. The monoisotopic (exact) mass is 609 g/mol. The third-order valence-electron chi connectivity index (χ3n) is 12.6. The summed E-state index contributed by atoms with van der Waals surface area (Å²) in [7, 11) is 1.50. The molecule has 3 heterocycles. The summed E-state index contributed by atoms with van der Waals surface area (Å²) >= 11 is 0. The molecule has 7 unspecified atom stereocenters. The zero-order valence-electron chi connectivity index (χ0n) is 24.4. The van der Waals surface area contributed by atoms with Gasteiger partial charge in [-0.25, -0.2) is 29.3 Å². The lowest BCUT2D eigenvalue weighted by Gasteiger charge is -3.11. The molecular weight excluding hydrogens is 578 g/mol. The van der Waals surface area contributed by atoms with Crippen LogP contribution in [-0.2, 0) is 23.9 Å². The van der Waals surface area contributed by atoms with Crippen molar-refractivity contribution in [2.24, 2.45) is 40.9 Å². The standard InChI is InChI=1S/C31H31F4N7O2/c1-11(2)42-8-14(31(33,34)35)39-27(42)30-19-15-18-16(19)22(30)28(18,21(15)30)9-36-24-13-6-7-29(32,43)23(13)40-25(41-24)17-20(12-4-5-12)37-10-38-26(17)44-3/h8,10-12,15-16,18-19,21-22,43H,4-7,9H2,1-3H3,(H,36,40,41)/t15-,16+,18?,19?,21?,22?,28?,29?,30?. The van der Waals surface area contributed by atoms with Crippen LogP contribution < -0.4 is 10.1 Å². The van der Waals surface area contributed by atoms with E-state index in [1.54, 1.807) is 4.57 Å². The van der Waals surface area contributed by atoms with Crippen molar-refractivity contribution in [3.63, 3.8) is 0 Å². The number of imidazole rings is 1. The molecule has 9 nitrogen and oxygen atoms in total. The summed E-state index contributed by atoms with van der Waals surface area (Å²) in [5.41, 5.74) is 0.682. The van der Waals surface area contributed by atoms with Gasteiger partial charge in [0.05, 0.1) is 12.8 Å². The minimum absolute atomic E-state index is 0.0222. The average Bonchev–Trinajstić information content (AvgIpc) is 3.65. The number of anilines is 1. The zero-order chi connectivity index (χ0) is 30.3. The van der Waals surface area contributed by atoms with Crippen LogP contribution in [-0.4, -0.2) is 48.2 Å². The third-order valence-corrected chi connectivity index (χ3v) is 12.6. The highest BCUT2D eigenvalue weighted by molar-refractivity contribution is 5.69. The van der Waals surface area contributed by atoms with E-state index in [1.807, 2.05) is 13.8 Å². The third kappa shape index (κ3) is 2.58. The molecule has 13 heteroatoms. The lowest BCUT2D eigenvalue weighted by atomic mass is 8.92. The second kappa shape index (κ2) is 7.54. The number of ether oxygens (including phenoxy) is 1. The van der Waals surface area contributed by atoms with E-state index in [-0.39, 0.29) is 59.0 Å². The quantitative estimate of drug-likeness (QED) is 0.352. The molecule has 7 saturated carbocycles. The van der Waals surface area contributed by atoms with Gasteiger partial charge in [-0.2, -0.15) is 13.2 Å². The second-order valence-corrected chi connectivity index (χ2v) is 14.4. The van der Waals surface area contributed by atoms with Gasteiger partial charge in [0.2, 0.25) is 5.88 Å². The summed E-state index contributed by atoms with van der Waals surface area (Å²) in [6, 6.07) is -0.121. The Hall–Kier alpha value is -3.35. The lowest BCUT2D eigenvalue weighted by Crippen LogP contribution is -3.12. The number of alkyl halides is 4. The number of halogens is 4. The average molecular weight is 610 g/mol. The fourth-order valence-corrected chi connectivity index (χ4v) is 11.3. The molecule has 3 aromatic rings. The second-order valence-electron chi connectivity index (χ2n) is 14.4. The van der Waals surface area contributed by atoms with Crippen LogP contribution in [0.5, 0.6) is 5.88 Å². The Morgan fingerprint density at radius 2 is 1.86 bits per heavy atom. The summed E-state index contributed by atoms with van der Waals surface area (Å²) in [6.07, 6.45) is 0.255. The first kappa shape index (κ1) is 25.9. The highest BCUT2D eigenvalue weighted by Crippen LogP contribution is 3.09. The van der Waals surface area contributed by atoms with Gasteiger partial charge in [0, 0.05) is 42.1 Å². The van der Waals surface area contributed by atoms with E-state index < -0.39 is 17.7 Å². The van der Waals surface area contributed by atoms with Gasteiger partial charge in [0.25, 0.3) is 5.85 Å². The molecule has 0 spiro atoms. The van der Waals surface area contributed by atoms with Crippen molar-refractivity contribution in [1.29, 1.82) is 0 Å². The number of nitrogens with one attached hydrogen (secondary N) is 1. The van der Waals surface area contributed by atoms with Gasteiger partial charge in [-0.05, 0) is 74.0 Å². The molecule has 0 aliphatic heterocycles. The highest BCUT2D eigenvalue weighted by Gasteiger charge is 3.10. The normalized spacial score (nSPS) is 39.5. The Morgan fingerprint density at radius 3 is 2.52 bits per heavy atom. The van der Waals surface area contributed by atoms with Gasteiger partial charge in [0.15, 0.2) is 11.5 Å². The van der Waals surface area contributed by atoms with E-state index in [4.69, 9.17) is 9.72 Å². The lowest BCUT2D eigenvalue weighted by molar-refractivity contribution is -0.626. The maximum Gasteiger partial charge on any atom is 0.434 e. The van der Waals surface area contributed by atoms with E-state index in [1.165, 1.54) is 19.6 Å². The van der Waals surface area contributed by atoms with Gasteiger partial charge in [-0.1, -0.05) is 0 Å². The number of fused-ring (bicyclic) bond motifs is 1. The van der Waals surface area contributed by atoms with Crippen molar-refractivity contribution in [1.82, 2.24) is 29.5 Å². The Balaban J connectivity index is 1.01. The minimum atomic E-state index is -4.48.